The van der Waals surface area contributed by atoms with Crippen LogP contribution in [0.1, 0.15) is 27.8 Å². The van der Waals surface area contributed by atoms with E-state index in [0.717, 1.165) is 32.9 Å². The molecule has 1 aromatic heterocycles. The minimum atomic E-state index is -0.00544. The third-order valence-corrected chi connectivity index (χ3v) is 5.61. The van der Waals surface area contributed by atoms with Crippen LogP contribution in [0.2, 0.25) is 0 Å². The lowest BCUT2D eigenvalue weighted by molar-refractivity contribution is -0.113. The summed E-state index contributed by atoms with van der Waals surface area (Å²) in [6.45, 7) is 10.3. The zero-order valence-corrected chi connectivity index (χ0v) is 16.8. The highest BCUT2D eigenvalue weighted by molar-refractivity contribution is 8.00. The van der Waals surface area contributed by atoms with Crippen LogP contribution >= 0.6 is 11.8 Å². The number of thioether (sulfide) groups is 1. The maximum absolute atomic E-state index is 12.4. The van der Waals surface area contributed by atoms with Crippen molar-refractivity contribution in [1.82, 2.24) is 4.98 Å². The number of amides is 1. The van der Waals surface area contributed by atoms with Crippen molar-refractivity contribution >= 4 is 34.3 Å². The molecule has 0 fully saturated rings. The lowest BCUT2D eigenvalue weighted by Gasteiger charge is -2.12. The zero-order chi connectivity index (χ0) is 18.8. The molecule has 1 heterocycles. The predicted molar refractivity (Wildman–Crippen MR) is 111 cm³/mol. The molecule has 0 bridgehead atoms. The van der Waals surface area contributed by atoms with Crippen molar-refractivity contribution in [2.45, 2.75) is 39.6 Å². The van der Waals surface area contributed by atoms with Gasteiger partial charge in [0, 0.05) is 11.1 Å². The zero-order valence-electron chi connectivity index (χ0n) is 15.9. The highest BCUT2D eigenvalue weighted by atomic mass is 32.2. The molecule has 3 rings (SSSR count). The molecular weight excluding hydrogens is 340 g/mol. The van der Waals surface area contributed by atoms with Gasteiger partial charge in [-0.1, -0.05) is 36.0 Å². The van der Waals surface area contributed by atoms with Crippen molar-refractivity contribution < 1.29 is 4.79 Å². The van der Waals surface area contributed by atoms with E-state index in [1.807, 2.05) is 32.0 Å². The molecule has 3 nitrogen and oxygen atoms in total. The van der Waals surface area contributed by atoms with E-state index in [9.17, 15) is 4.79 Å². The number of aryl methyl sites for hydroxylation is 5. The molecule has 0 aliphatic rings. The maximum Gasteiger partial charge on any atom is 0.234 e. The van der Waals surface area contributed by atoms with Gasteiger partial charge >= 0.3 is 0 Å². The number of aromatic nitrogens is 1. The van der Waals surface area contributed by atoms with Gasteiger partial charge in [0.15, 0.2) is 0 Å². The van der Waals surface area contributed by atoms with E-state index in [0.29, 0.717) is 5.75 Å². The van der Waals surface area contributed by atoms with Crippen molar-refractivity contribution in [1.29, 1.82) is 0 Å². The summed E-state index contributed by atoms with van der Waals surface area (Å²) in [5, 5.41) is 5.13. The molecule has 4 heteroatoms. The minimum Gasteiger partial charge on any atom is -0.325 e. The van der Waals surface area contributed by atoms with Crippen LogP contribution in [0.4, 0.5) is 5.69 Å². The average molecular weight is 365 g/mol. The Bertz CT molecular complexity index is 975. The van der Waals surface area contributed by atoms with Gasteiger partial charge in [-0.05, 0) is 74.6 Å². The fourth-order valence-electron chi connectivity index (χ4n) is 3.18. The Morgan fingerprint density at radius 2 is 1.65 bits per heavy atom. The SMILES string of the molecule is Cc1cc(C)c2cc(C)c(SCC(=O)Nc3c(C)cccc3C)nc2c1. The number of benzene rings is 2. The number of anilines is 1. The van der Waals surface area contributed by atoms with E-state index >= 15 is 0 Å². The second-order valence-corrected chi connectivity index (χ2v) is 7.83. The van der Waals surface area contributed by atoms with E-state index < -0.39 is 0 Å². The van der Waals surface area contributed by atoms with Crippen LogP contribution in [0, 0.1) is 34.6 Å². The number of hydrogen-bond acceptors (Lipinski definition) is 3. The molecule has 0 spiro atoms. The fraction of sp³-hybridized carbons (Fsp3) is 0.273. The summed E-state index contributed by atoms with van der Waals surface area (Å²) >= 11 is 1.49. The molecule has 1 N–H and O–H groups in total. The van der Waals surface area contributed by atoms with E-state index in [1.54, 1.807) is 0 Å². The average Bonchev–Trinajstić information content (AvgIpc) is 2.57. The third kappa shape index (κ3) is 3.91. The van der Waals surface area contributed by atoms with E-state index in [2.05, 4.69) is 44.3 Å². The standard InChI is InChI=1S/C22H24N2OS/c1-13-9-16(4)18-11-17(5)22(23-19(18)10-13)26-12-20(25)24-21-14(2)7-6-8-15(21)3/h6-11H,12H2,1-5H3,(H,24,25). The topological polar surface area (TPSA) is 42.0 Å². The number of fused-ring (bicyclic) bond motifs is 1. The Labute approximate surface area is 159 Å². The quantitative estimate of drug-likeness (QED) is 0.621. The predicted octanol–water partition coefficient (Wildman–Crippen LogP) is 5.51. The Morgan fingerprint density at radius 3 is 2.35 bits per heavy atom. The maximum atomic E-state index is 12.4. The van der Waals surface area contributed by atoms with E-state index in [1.165, 1.54) is 28.3 Å². The Balaban J connectivity index is 1.77. The first kappa shape index (κ1) is 18.5. The van der Waals surface area contributed by atoms with Crippen molar-refractivity contribution in [3.8, 4) is 0 Å². The normalized spacial score (nSPS) is 11.0. The van der Waals surface area contributed by atoms with Crippen molar-refractivity contribution in [3.05, 3.63) is 64.2 Å². The Hall–Kier alpha value is -2.33. The molecule has 26 heavy (non-hydrogen) atoms. The number of carbonyl (C=O) groups excluding carboxylic acids is 1. The van der Waals surface area contributed by atoms with Crippen LogP contribution in [-0.2, 0) is 4.79 Å². The van der Waals surface area contributed by atoms with Crippen LogP contribution in [-0.4, -0.2) is 16.6 Å². The Kier molecular flexibility index (Phi) is 5.33. The second kappa shape index (κ2) is 7.50. The summed E-state index contributed by atoms with van der Waals surface area (Å²) in [7, 11) is 0. The number of rotatable bonds is 4. The first-order valence-corrected chi connectivity index (χ1v) is 9.71. The largest absolute Gasteiger partial charge is 0.325 e. The molecule has 0 unspecified atom stereocenters. The van der Waals surface area contributed by atoms with E-state index in [-0.39, 0.29) is 5.91 Å². The molecule has 0 saturated carbocycles. The highest BCUT2D eigenvalue weighted by Gasteiger charge is 2.11. The van der Waals surface area contributed by atoms with Crippen LogP contribution in [0.15, 0.2) is 41.4 Å². The van der Waals surface area contributed by atoms with Crippen LogP contribution in [0.3, 0.4) is 0 Å². The number of nitrogens with zero attached hydrogens (tertiary/aromatic N) is 1. The smallest absolute Gasteiger partial charge is 0.234 e. The van der Waals surface area contributed by atoms with E-state index in [4.69, 9.17) is 4.98 Å². The van der Waals surface area contributed by atoms with Gasteiger partial charge in [0.05, 0.1) is 11.3 Å². The van der Waals surface area contributed by atoms with Crippen molar-refractivity contribution in [3.63, 3.8) is 0 Å². The lowest BCUT2D eigenvalue weighted by Crippen LogP contribution is -2.16. The third-order valence-electron chi connectivity index (χ3n) is 4.52. The van der Waals surface area contributed by atoms with Gasteiger partial charge in [0.25, 0.3) is 0 Å². The first-order valence-electron chi connectivity index (χ1n) is 8.72. The number of hydrogen-bond donors (Lipinski definition) is 1. The first-order chi connectivity index (χ1) is 12.3. The summed E-state index contributed by atoms with van der Waals surface area (Å²) in [5.41, 5.74) is 7.60. The minimum absolute atomic E-state index is 0.00544. The molecule has 1 amide bonds. The van der Waals surface area contributed by atoms with Crippen LogP contribution in [0.5, 0.6) is 0 Å². The van der Waals surface area contributed by atoms with Gasteiger partial charge in [-0.3, -0.25) is 4.79 Å². The number of pyridine rings is 1. The summed E-state index contributed by atoms with van der Waals surface area (Å²) in [5.74, 6) is 0.340. The summed E-state index contributed by atoms with van der Waals surface area (Å²) in [6.07, 6.45) is 0. The van der Waals surface area contributed by atoms with Gasteiger partial charge in [-0.2, -0.15) is 0 Å². The van der Waals surface area contributed by atoms with Gasteiger partial charge < -0.3 is 5.32 Å². The second-order valence-electron chi connectivity index (χ2n) is 6.86. The number of nitrogens with one attached hydrogen (secondary N) is 1. The summed E-state index contributed by atoms with van der Waals surface area (Å²) in [6, 6.07) is 12.5. The lowest BCUT2D eigenvalue weighted by atomic mass is 10.1. The molecule has 0 radical (unpaired) electrons. The number of para-hydroxylation sites is 1. The van der Waals surface area contributed by atoms with Gasteiger partial charge in [-0.25, -0.2) is 4.98 Å². The van der Waals surface area contributed by atoms with Crippen LogP contribution in [0.25, 0.3) is 10.9 Å². The van der Waals surface area contributed by atoms with Gasteiger partial charge in [-0.15, -0.1) is 0 Å². The molecule has 0 saturated heterocycles. The number of carbonyl (C=O) groups is 1. The molecule has 134 valence electrons. The molecule has 0 aliphatic carbocycles. The summed E-state index contributed by atoms with van der Waals surface area (Å²) in [4.78, 5) is 17.2. The molecule has 0 atom stereocenters. The highest BCUT2D eigenvalue weighted by Crippen LogP contribution is 2.27. The van der Waals surface area contributed by atoms with Crippen LogP contribution < -0.4 is 5.32 Å². The van der Waals surface area contributed by atoms with Crippen molar-refractivity contribution in [2.24, 2.45) is 0 Å². The van der Waals surface area contributed by atoms with Gasteiger partial charge in [0.2, 0.25) is 5.91 Å². The summed E-state index contributed by atoms with van der Waals surface area (Å²) < 4.78 is 0. The molecule has 0 aliphatic heterocycles. The molecule has 2 aromatic carbocycles. The fourth-order valence-corrected chi connectivity index (χ4v) is 3.97. The van der Waals surface area contributed by atoms with Gasteiger partial charge in [0.1, 0.15) is 5.03 Å². The Morgan fingerprint density at radius 1 is 0.962 bits per heavy atom. The molecule has 3 aromatic rings. The monoisotopic (exact) mass is 364 g/mol. The van der Waals surface area contributed by atoms with Crippen molar-refractivity contribution in [2.75, 3.05) is 11.1 Å². The molecular formula is C22H24N2OS.